The second-order valence-electron chi connectivity index (χ2n) is 18.8. The van der Waals surface area contributed by atoms with Gasteiger partial charge in [0.1, 0.15) is 22.9 Å². The van der Waals surface area contributed by atoms with Gasteiger partial charge in [-0.1, -0.05) is 18.1 Å². The van der Waals surface area contributed by atoms with Crippen molar-refractivity contribution in [1.29, 1.82) is 0 Å². The van der Waals surface area contributed by atoms with Crippen LogP contribution in [0.2, 0.25) is 0 Å². The lowest BCUT2D eigenvalue weighted by Crippen LogP contribution is -2.41. The van der Waals surface area contributed by atoms with Crippen LogP contribution in [0.5, 0.6) is 0 Å². The van der Waals surface area contributed by atoms with Gasteiger partial charge in [-0.15, -0.1) is 0 Å². The molecule has 2 fully saturated rings. The third kappa shape index (κ3) is 6.14. The number of amides is 1. The molecule has 5 aromatic heterocycles. The van der Waals surface area contributed by atoms with E-state index in [2.05, 4.69) is 54.2 Å². The zero-order valence-corrected chi connectivity index (χ0v) is 37.1. The van der Waals surface area contributed by atoms with Crippen molar-refractivity contribution in [3.05, 3.63) is 139 Å². The van der Waals surface area contributed by atoms with Gasteiger partial charge in [-0.25, -0.2) is 23.1 Å². The second kappa shape index (κ2) is 14.3. The topological polar surface area (TPSA) is 156 Å². The Kier molecular flexibility index (Phi) is 9.00. The largest absolute Gasteiger partial charge is 0.438 e. The molecule has 8 aromatic rings. The molecule has 15 nitrogen and oxygen atoms in total. The van der Waals surface area contributed by atoms with Crippen molar-refractivity contribution in [2.45, 2.75) is 90.3 Å². The average molecular weight is 883 g/mol. The molecule has 7 heterocycles. The highest BCUT2D eigenvalue weighted by Gasteiger charge is 2.59. The maximum absolute atomic E-state index is 16.1. The Morgan fingerprint density at radius 3 is 2.38 bits per heavy atom. The highest BCUT2D eigenvalue weighted by molar-refractivity contribution is 6.00. The summed E-state index contributed by atoms with van der Waals surface area (Å²) in [6, 6.07) is 14.3. The third-order valence-electron chi connectivity index (χ3n) is 14.2. The summed E-state index contributed by atoms with van der Waals surface area (Å²) in [4.78, 5) is 47.2. The van der Waals surface area contributed by atoms with E-state index in [1.807, 2.05) is 17.6 Å². The number of rotatable bonds is 7. The molecule has 1 saturated carbocycles. The molecule has 0 bridgehead atoms. The number of aromatic nitrogens is 9. The molecule has 1 amide bonds. The first-order valence-corrected chi connectivity index (χ1v) is 22.0. The fourth-order valence-electron chi connectivity index (χ4n) is 10.8. The van der Waals surface area contributed by atoms with Crippen molar-refractivity contribution in [1.82, 2.24) is 48.3 Å². The van der Waals surface area contributed by atoms with Crippen LogP contribution in [0.15, 0.2) is 81.2 Å². The molecule has 65 heavy (non-hydrogen) atoms. The fraction of sp³-hybridized carbons (Fsp3) is 0.375. The first kappa shape index (κ1) is 40.9. The molecule has 11 rings (SSSR count). The van der Waals surface area contributed by atoms with Crippen LogP contribution in [0.25, 0.3) is 39.0 Å². The van der Waals surface area contributed by atoms with Crippen molar-refractivity contribution in [3.8, 4) is 17.2 Å². The summed E-state index contributed by atoms with van der Waals surface area (Å²) >= 11 is 0. The Morgan fingerprint density at radius 1 is 0.938 bits per heavy atom. The van der Waals surface area contributed by atoms with Gasteiger partial charge >= 0.3 is 11.4 Å². The molecule has 3 aromatic carbocycles. The average Bonchev–Trinajstić information content (AvgIpc) is 3.90. The van der Waals surface area contributed by atoms with E-state index in [-0.39, 0.29) is 40.2 Å². The number of nitrogens with one attached hydrogen (secondary N) is 1. The van der Waals surface area contributed by atoms with Gasteiger partial charge in [0.25, 0.3) is 5.91 Å². The maximum atomic E-state index is 16.1. The Bertz CT molecular complexity index is 3380. The molecule has 0 unspecified atom stereocenters. The number of halogens is 2. The van der Waals surface area contributed by atoms with E-state index in [1.54, 1.807) is 65.6 Å². The van der Waals surface area contributed by atoms with E-state index in [0.717, 1.165) is 29.3 Å². The predicted octanol–water partition coefficient (Wildman–Crippen LogP) is 7.44. The number of hydrogen-bond donors (Lipinski definition) is 1. The molecular weight excluding hydrogens is 835 g/mol. The van der Waals surface area contributed by atoms with Gasteiger partial charge in [-0.05, 0) is 125 Å². The van der Waals surface area contributed by atoms with E-state index in [0.29, 0.717) is 76.9 Å². The van der Waals surface area contributed by atoms with Gasteiger partial charge in [-0.2, -0.15) is 10.2 Å². The second-order valence-corrected chi connectivity index (χ2v) is 18.8. The van der Waals surface area contributed by atoms with E-state index in [9.17, 15) is 9.59 Å². The molecule has 4 atom stereocenters. The Hall–Kier alpha value is -6.88. The first-order valence-electron chi connectivity index (χ1n) is 22.0. The van der Waals surface area contributed by atoms with E-state index in [1.165, 1.54) is 21.5 Å². The molecule has 334 valence electrons. The highest BCUT2D eigenvalue weighted by Crippen LogP contribution is 2.56. The molecule has 2 aliphatic heterocycles. The van der Waals surface area contributed by atoms with Crippen molar-refractivity contribution in [2.75, 3.05) is 13.2 Å². The lowest BCUT2D eigenvalue weighted by molar-refractivity contribution is -0.0592. The highest BCUT2D eigenvalue weighted by atomic mass is 19.1. The minimum Gasteiger partial charge on any atom is -0.376 e. The van der Waals surface area contributed by atoms with Crippen molar-refractivity contribution >= 4 is 27.7 Å². The summed E-state index contributed by atoms with van der Waals surface area (Å²) in [5.74, 6) is -0.925. The third-order valence-corrected chi connectivity index (χ3v) is 14.2. The van der Waals surface area contributed by atoms with Crippen LogP contribution in [0.4, 0.5) is 8.78 Å². The molecule has 1 saturated heterocycles. The standard InChI is InChI=1S/C48H48F2N10O5/c1-25-18-32(19-26(2)40(25)49)60-42(58-16-15-57(46(58)63)37-11-10-36-33(41(37)50)24-51-55(36)7)39-28(4)56(14-12-34(39)53-60)43(61)38-21-31-20-29(30-13-17-64-47(5,6)23-30)8-9-35(31)59(38)48(22-27(48)3)44-52-45(62)65-54-44/h8-11,15-16,18-21,24,27-28,30H,12-14,17,22-23H2,1-7H3,(H,52,54,62)/t27-,28+,30-,48-/m1/s1. The summed E-state index contributed by atoms with van der Waals surface area (Å²) in [6.07, 6.45) is 7.17. The molecular formula is C48H48F2N10O5. The smallest absolute Gasteiger partial charge is 0.376 e. The van der Waals surface area contributed by atoms with Gasteiger partial charge in [0, 0.05) is 55.5 Å². The van der Waals surface area contributed by atoms with Gasteiger partial charge in [0.05, 0.1) is 45.8 Å². The minimum atomic E-state index is -0.857. The number of aryl methyl sites for hydroxylation is 3. The van der Waals surface area contributed by atoms with E-state index in [4.69, 9.17) is 14.4 Å². The van der Waals surface area contributed by atoms with Crippen LogP contribution in [0.3, 0.4) is 0 Å². The Morgan fingerprint density at radius 2 is 1.68 bits per heavy atom. The van der Waals surface area contributed by atoms with Crippen molar-refractivity contribution < 1.29 is 22.8 Å². The number of fused-ring (bicyclic) bond motifs is 3. The van der Waals surface area contributed by atoms with Crippen LogP contribution in [0, 0.1) is 31.4 Å². The van der Waals surface area contributed by atoms with Crippen molar-refractivity contribution in [2.24, 2.45) is 13.0 Å². The number of benzene rings is 3. The van der Waals surface area contributed by atoms with Crippen molar-refractivity contribution in [3.63, 3.8) is 0 Å². The van der Waals surface area contributed by atoms with E-state index >= 15 is 13.6 Å². The molecule has 1 aliphatic carbocycles. The predicted molar refractivity (Wildman–Crippen MR) is 237 cm³/mol. The number of ether oxygens (including phenoxy) is 1. The summed E-state index contributed by atoms with van der Waals surface area (Å²) < 4.78 is 50.2. The molecule has 1 N–H and O–H groups in total. The quantitative estimate of drug-likeness (QED) is 0.173. The molecule has 0 spiro atoms. The van der Waals surface area contributed by atoms with Crippen LogP contribution >= 0.6 is 0 Å². The SMILES string of the molecule is Cc1cc(-n2nc3c(c2-n2ccn(-c4ccc5c(cnn5C)c4F)c2=O)[C@H](C)N(C(=O)c2cc4cc([C@@H]5CCOC(C)(C)C5)ccc4n2[C@]2(c4noc(=O)[nH]4)C[C@H]2C)CC3)cc(C)c1F. The molecule has 17 heteroatoms. The number of hydrogen-bond acceptors (Lipinski definition) is 8. The van der Waals surface area contributed by atoms with Crippen LogP contribution in [-0.4, -0.2) is 73.0 Å². The number of carbonyl (C=O) groups is 1. The lowest BCUT2D eigenvalue weighted by Gasteiger charge is -2.35. The zero-order valence-electron chi connectivity index (χ0n) is 37.1. The summed E-state index contributed by atoms with van der Waals surface area (Å²) in [7, 11) is 1.72. The van der Waals surface area contributed by atoms with Crippen LogP contribution < -0.4 is 11.4 Å². The minimum absolute atomic E-state index is 0.00109. The van der Waals surface area contributed by atoms with Gasteiger partial charge in [-0.3, -0.25) is 28.1 Å². The van der Waals surface area contributed by atoms with Crippen LogP contribution in [-0.2, 0) is 23.7 Å². The number of H-pyrrole nitrogens is 1. The number of nitrogens with zero attached hydrogens (tertiary/aromatic N) is 9. The zero-order chi connectivity index (χ0) is 45.4. The van der Waals surface area contributed by atoms with Crippen LogP contribution in [0.1, 0.15) is 103 Å². The summed E-state index contributed by atoms with van der Waals surface area (Å²) in [5.41, 5.74) is 3.92. The van der Waals surface area contributed by atoms with Gasteiger partial charge < -0.3 is 14.2 Å². The number of carbonyl (C=O) groups excluding carboxylic acids is 1. The normalized spacial score (nSPS) is 21.7. The number of imidazole rings is 1. The van der Waals surface area contributed by atoms with E-state index < -0.39 is 28.8 Å². The first-order chi connectivity index (χ1) is 31.1. The number of aromatic amines is 1. The molecule has 3 aliphatic rings. The summed E-state index contributed by atoms with van der Waals surface area (Å²) in [6.45, 7) is 12.5. The Balaban J connectivity index is 1.06. The monoisotopic (exact) mass is 882 g/mol. The summed E-state index contributed by atoms with van der Waals surface area (Å²) in [5, 5.41) is 14.6. The Labute approximate surface area is 370 Å². The fourth-order valence-corrected chi connectivity index (χ4v) is 10.8. The molecule has 0 radical (unpaired) electrons. The lowest BCUT2D eigenvalue weighted by atomic mass is 9.83. The van der Waals surface area contributed by atoms with Gasteiger partial charge in [0.2, 0.25) is 0 Å². The van der Waals surface area contributed by atoms with Gasteiger partial charge in [0.15, 0.2) is 11.6 Å². The maximum Gasteiger partial charge on any atom is 0.438 e.